The number of aromatic nitrogens is 2. The van der Waals surface area contributed by atoms with Crippen molar-refractivity contribution >= 4 is 0 Å². The summed E-state index contributed by atoms with van der Waals surface area (Å²) in [6, 6.07) is 7.39. The standard InChI is InChI=1S/C15H18FN3O/c1-10-18-15(19-20-10)6-7-17-14-8-12(9-14)11-2-4-13(16)5-3-11/h2-5,12,14,17H,6-9H2,1H3. The highest BCUT2D eigenvalue weighted by molar-refractivity contribution is 5.23. The van der Waals surface area contributed by atoms with E-state index in [0.717, 1.165) is 31.6 Å². The molecule has 0 bridgehead atoms. The van der Waals surface area contributed by atoms with Gasteiger partial charge in [-0.1, -0.05) is 17.3 Å². The van der Waals surface area contributed by atoms with E-state index in [2.05, 4.69) is 15.5 Å². The summed E-state index contributed by atoms with van der Waals surface area (Å²) in [7, 11) is 0. The molecular weight excluding hydrogens is 257 g/mol. The molecule has 0 spiro atoms. The zero-order valence-corrected chi connectivity index (χ0v) is 11.5. The van der Waals surface area contributed by atoms with Crippen molar-refractivity contribution in [2.24, 2.45) is 0 Å². The number of hydrogen-bond acceptors (Lipinski definition) is 4. The highest BCUT2D eigenvalue weighted by Gasteiger charge is 2.29. The van der Waals surface area contributed by atoms with Gasteiger partial charge in [-0.3, -0.25) is 0 Å². The molecule has 0 amide bonds. The van der Waals surface area contributed by atoms with Crippen LogP contribution in [0.4, 0.5) is 4.39 Å². The minimum Gasteiger partial charge on any atom is -0.340 e. The lowest BCUT2D eigenvalue weighted by Crippen LogP contribution is -2.41. The zero-order valence-electron chi connectivity index (χ0n) is 11.5. The molecule has 0 radical (unpaired) electrons. The van der Waals surface area contributed by atoms with Crippen molar-refractivity contribution in [3.63, 3.8) is 0 Å². The van der Waals surface area contributed by atoms with Crippen LogP contribution >= 0.6 is 0 Å². The molecule has 106 valence electrons. The van der Waals surface area contributed by atoms with E-state index in [9.17, 15) is 4.39 Å². The largest absolute Gasteiger partial charge is 0.340 e. The maximum atomic E-state index is 12.8. The second-order valence-corrected chi connectivity index (χ2v) is 5.35. The minimum absolute atomic E-state index is 0.168. The molecule has 1 aliphatic carbocycles. The average molecular weight is 275 g/mol. The molecule has 4 nitrogen and oxygen atoms in total. The van der Waals surface area contributed by atoms with Gasteiger partial charge >= 0.3 is 0 Å². The third-order valence-corrected chi connectivity index (χ3v) is 3.83. The van der Waals surface area contributed by atoms with E-state index < -0.39 is 0 Å². The van der Waals surface area contributed by atoms with Gasteiger partial charge in [-0.15, -0.1) is 0 Å². The van der Waals surface area contributed by atoms with Gasteiger partial charge in [0.15, 0.2) is 5.82 Å². The van der Waals surface area contributed by atoms with Crippen LogP contribution in [0, 0.1) is 12.7 Å². The summed E-state index contributed by atoms with van der Waals surface area (Å²) in [4.78, 5) is 4.17. The summed E-state index contributed by atoms with van der Waals surface area (Å²) in [6.07, 6.45) is 3.00. The summed E-state index contributed by atoms with van der Waals surface area (Å²) < 4.78 is 17.8. The van der Waals surface area contributed by atoms with Crippen molar-refractivity contribution in [3.05, 3.63) is 47.4 Å². The number of nitrogens with zero attached hydrogens (tertiary/aromatic N) is 2. The molecule has 1 aromatic carbocycles. The fourth-order valence-electron chi connectivity index (χ4n) is 2.62. The maximum absolute atomic E-state index is 12.8. The van der Waals surface area contributed by atoms with Crippen LogP contribution in [0.2, 0.25) is 0 Å². The van der Waals surface area contributed by atoms with Crippen molar-refractivity contribution in [3.8, 4) is 0 Å². The Morgan fingerprint density at radius 3 is 2.70 bits per heavy atom. The van der Waals surface area contributed by atoms with E-state index in [4.69, 9.17) is 4.52 Å². The van der Waals surface area contributed by atoms with Crippen LogP contribution in [0.1, 0.15) is 36.0 Å². The van der Waals surface area contributed by atoms with Gasteiger partial charge in [0.2, 0.25) is 5.89 Å². The minimum atomic E-state index is -0.168. The first-order valence-electron chi connectivity index (χ1n) is 6.99. The highest BCUT2D eigenvalue weighted by atomic mass is 19.1. The van der Waals surface area contributed by atoms with E-state index in [1.165, 1.54) is 17.7 Å². The molecule has 3 rings (SSSR count). The van der Waals surface area contributed by atoms with Crippen molar-refractivity contribution in [2.75, 3.05) is 6.54 Å². The molecule has 0 atom stereocenters. The van der Waals surface area contributed by atoms with E-state index in [1.54, 1.807) is 6.92 Å². The summed E-state index contributed by atoms with van der Waals surface area (Å²) in [5.41, 5.74) is 1.23. The van der Waals surface area contributed by atoms with Crippen LogP contribution in [0.15, 0.2) is 28.8 Å². The van der Waals surface area contributed by atoms with Gasteiger partial charge in [0.1, 0.15) is 5.82 Å². The topological polar surface area (TPSA) is 51.0 Å². The number of hydrogen-bond donors (Lipinski definition) is 1. The van der Waals surface area contributed by atoms with Gasteiger partial charge < -0.3 is 9.84 Å². The molecule has 20 heavy (non-hydrogen) atoms. The Labute approximate surface area is 117 Å². The lowest BCUT2D eigenvalue weighted by molar-refractivity contribution is 0.291. The lowest BCUT2D eigenvalue weighted by atomic mass is 9.76. The van der Waals surface area contributed by atoms with Gasteiger partial charge in [-0.05, 0) is 36.5 Å². The first-order valence-corrected chi connectivity index (χ1v) is 6.99. The molecule has 0 unspecified atom stereocenters. The molecule has 1 fully saturated rings. The number of nitrogens with one attached hydrogen (secondary N) is 1. The molecule has 1 saturated carbocycles. The second kappa shape index (κ2) is 5.71. The van der Waals surface area contributed by atoms with Crippen molar-refractivity contribution < 1.29 is 8.91 Å². The number of aryl methyl sites for hydroxylation is 1. The van der Waals surface area contributed by atoms with Gasteiger partial charge in [0.25, 0.3) is 0 Å². The summed E-state index contributed by atoms with van der Waals surface area (Å²) in [6.45, 7) is 2.66. The SMILES string of the molecule is Cc1nc(CCNC2CC(c3ccc(F)cc3)C2)no1. The zero-order chi connectivity index (χ0) is 13.9. The molecule has 2 aromatic rings. The molecule has 0 saturated heterocycles. The van der Waals surface area contributed by atoms with Crippen LogP contribution < -0.4 is 5.32 Å². The van der Waals surface area contributed by atoms with Crippen molar-refractivity contribution in [2.45, 2.75) is 38.1 Å². The molecule has 0 aliphatic heterocycles. The van der Waals surface area contributed by atoms with Crippen LogP contribution in [-0.4, -0.2) is 22.7 Å². The Morgan fingerprint density at radius 1 is 1.30 bits per heavy atom. The third-order valence-electron chi connectivity index (χ3n) is 3.83. The Bertz CT molecular complexity index is 561. The fourth-order valence-corrected chi connectivity index (χ4v) is 2.62. The number of benzene rings is 1. The predicted molar refractivity (Wildman–Crippen MR) is 72.9 cm³/mol. The second-order valence-electron chi connectivity index (χ2n) is 5.35. The quantitative estimate of drug-likeness (QED) is 0.911. The number of halogens is 1. The smallest absolute Gasteiger partial charge is 0.223 e. The van der Waals surface area contributed by atoms with Gasteiger partial charge in [-0.2, -0.15) is 4.98 Å². The van der Waals surface area contributed by atoms with E-state index in [-0.39, 0.29) is 5.82 Å². The first-order chi connectivity index (χ1) is 9.70. The van der Waals surface area contributed by atoms with Gasteiger partial charge in [0, 0.05) is 25.9 Å². The van der Waals surface area contributed by atoms with Crippen molar-refractivity contribution in [1.82, 2.24) is 15.5 Å². The maximum Gasteiger partial charge on any atom is 0.223 e. The Kier molecular flexibility index (Phi) is 3.78. The average Bonchev–Trinajstić information content (AvgIpc) is 2.80. The summed E-state index contributed by atoms with van der Waals surface area (Å²) in [5.74, 6) is 1.75. The highest BCUT2D eigenvalue weighted by Crippen LogP contribution is 2.36. The summed E-state index contributed by atoms with van der Waals surface area (Å²) in [5, 5.41) is 7.36. The molecule has 5 heteroatoms. The Balaban J connectivity index is 1.39. The molecule has 1 N–H and O–H groups in total. The van der Waals surface area contributed by atoms with Gasteiger partial charge in [0.05, 0.1) is 0 Å². The van der Waals surface area contributed by atoms with E-state index >= 15 is 0 Å². The number of rotatable bonds is 5. The van der Waals surface area contributed by atoms with Gasteiger partial charge in [-0.25, -0.2) is 4.39 Å². The Hall–Kier alpha value is -1.75. The first kappa shape index (κ1) is 13.2. The van der Waals surface area contributed by atoms with E-state index in [0.29, 0.717) is 17.9 Å². The van der Waals surface area contributed by atoms with E-state index in [1.807, 2.05) is 12.1 Å². The summed E-state index contributed by atoms with van der Waals surface area (Å²) >= 11 is 0. The van der Waals surface area contributed by atoms with Crippen LogP contribution in [-0.2, 0) is 6.42 Å². The lowest BCUT2D eigenvalue weighted by Gasteiger charge is -2.36. The van der Waals surface area contributed by atoms with Crippen molar-refractivity contribution in [1.29, 1.82) is 0 Å². The van der Waals surface area contributed by atoms with Crippen LogP contribution in [0.3, 0.4) is 0 Å². The Morgan fingerprint density at radius 2 is 2.05 bits per heavy atom. The molecular formula is C15H18FN3O. The third kappa shape index (κ3) is 3.04. The van der Waals surface area contributed by atoms with Crippen LogP contribution in [0.5, 0.6) is 0 Å². The molecule has 1 heterocycles. The van der Waals surface area contributed by atoms with Crippen LogP contribution in [0.25, 0.3) is 0 Å². The normalized spacial score (nSPS) is 21.7. The molecule has 1 aliphatic rings. The predicted octanol–water partition coefficient (Wildman–Crippen LogP) is 2.60. The monoisotopic (exact) mass is 275 g/mol. The fraction of sp³-hybridized carbons (Fsp3) is 0.467. The molecule has 1 aromatic heterocycles.